The fraction of sp³-hybridized carbons (Fsp3) is 0.500. The van der Waals surface area contributed by atoms with Crippen molar-refractivity contribution in [3.63, 3.8) is 0 Å². The number of rotatable bonds is 4. The number of aliphatic hydroxyl groups is 4. The van der Waals surface area contributed by atoms with Gasteiger partial charge < -0.3 is 34.6 Å². The number of ether oxygens (including phenoxy) is 3. The maximum Gasteiger partial charge on any atom is 0.344 e. The Morgan fingerprint density at radius 2 is 1.86 bits per heavy atom. The van der Waals surface area contributed by atoms with Crippen molar-refractivity contribution in [2.24, 2.45) is 0 Å². The summed E-state index contributed by atoms with van der Waals surface area (Å²) < 4.78 is 15.1. The van der Waals surface area contributed by atoms with E-state index < -0.39 is 43.3 Å². The molecule has 1 aliphatic heterocycles. The van der Waals surface area contributed by atoms with Gasteiger partial charge in [-0.15, -0.1) is 0 Å². The lowest BCUT2D eigenvalue weighted by Crippen LogP contribution is -2.59. The van der Waals surface area contributed by atoms with Gasteiger partial charge in [-0.3, -0.25) is 0 Å². The number of hydrogen-bond acceptors (Lipinski definition) is 8. The zero-order valence-corrected chi connectivity index (χ0v) is 11.8. The predicted octanol–water partition coefficient (Wildman–Crippen LogP) is -1.35. The maximum absolute atomic E-state index is 12.1. The summed E-state index contributed by atoms with van der Waals surface area (Å²) in [7, 11) is 1.39. The molecule has 8 nitrogen and oxygen atoms in total. The Hall–Kier alpha value is -1.71. The van der Waals surface area contributed by atoms with E-state index in [4.69, 9.17) is 19.3 Å². The molecule has 0 amide bonds. The summed E-state index contributed by atoms with van der Waals surface area (Å²) in [6, 6.07) is 6.30. The zero-order valence-electron chi connectivity index (χ0n) is 11.8. The van der Waals surface area contributed by atoms with E-state index >= 15 is 0 Å². The standard InChI is InChI=1S/C14H18O8/c1-20-8-5-3-2-4-7(8)13(19)22-14-12(18)11(17)10(16)9(6-15)21-14/h2-5,9-12,14-18H,6H2,1H3/t9-,10-,11+,12-,14?/m1/s1. The third-order valence-corrected chi connectivity index (χ3v) is 3.40. The predicted molar refractivity (Wildman–Crippen MR) is 72.2 cm³/mol. The van der Waals surface area contributed by atoms with Gasteiger partial charge in [-0.2, -0.15) is 0 Å². The van der Waals surface area contributed by atoms with Crippen LogP contribution in [0.15, 0.2) is 24.3 Å². The molecule has 4 N–H and O–H groups in total. The van der Waals surface area contributed by atoms with Crippen molar-refractivity contribution >= 4 is 5.97 Å². The molecule has 1 aromatic carbocycles. The molecule has 122 valence electrons. The molecular weight excluding hydrogens is 296 g/mol. The second-order valence-corrected chi connectivity index (χ2v) is 4.80. The second kappa shape index (κ2) is 7.03. The van der Waals surface area contributed by atoms with E-state index in [2.05, 4.69) is 0 Å². The lowest BCUT2D eigenvalue weighted by Gasteiger charge is -2.39. The van der Waals surface area contributed by atoms with Gasteiger partial charge in [0.2, 0.25) is 6.29 Å². The molecule has 1 aromatic rings. The highest BCUT2D eigenvalue weighted by atomic mass is 16.7. The van der Waals surface area contributed by atoms with Crippen molar-refractivity contribution in [2.45, 2.75) is 30.7 Å². The lowest BCUT2D eigenvalue weighted by molar-refractivity contribution is -0.285. The molecule has 0 radical (unpaired) electrons. The average molecular weight is 314 g/mol. The topological polar surface area (TPSA) is 126 Å². The lowest BCUT2D eigenvalue weighted by atomic mass is 9.99. The van der Waals surface area contributed by atoms with Crippen LogP contribution in [0.1, 0.15) is 10.4 Å². The minimum Gasteiger partial charge on any atom is -0.496 e. The number of methoxy groups -OCH3 is 1. The first-order valence-corrected chi connectivity index (χ1v) is 6.64. The molecule has 5 atom stereocenters. The summed E-state index contributed by atoms with van der Waals surface area (Å²) in [4.78, 5) is 12.1. The van der Waals surface area contributed by atoms with Gasteiger partial charge in [0, 0.05) is 0 Å². The van der Waals surface area contributed by atoms with Crippen molar-refractivity contribution in [1.29, 1.82) is 0 Å². The number of hydrogen-bond donors (Lipinski definition) is 4. The summed E-state index contributed by atoms with van der Waals surface area (Å²) in [6.45, 7) is -0.604. The summed E-state index contributed by atoms with van der Waals surface area (Å²) in [5, 5.41) is 38.2. The molecule has 0 aliphatic carbocycles. The highest BCUT2D eigenvalue weighted by Crippen LogP contribution is 2.25. The highest BCUT2D eigenvalue weighted by Gasteiger charge is 2.45. The van der Waals surface area contributed by atoms with Crippen molar-refractivity contribution < 1.29 is 39.4 Å². The van der Waals surface area contributed by atoms with Gasteiger partial charge in [0.15, 0.2) is 0 Å². The first-order valence-electron chi connectivity index (χ1n) is 6.64. The number of esters is 1. The van der Waals surface area contributed by atoms with Crippen LogP contribution >= 0.6 is 0 Å². The van der Waals surface area contributed by atoms with Gasteiger partial charge in [-0.1, -0.05) is 12.1 Å². The number of para-hydroxylation sites is 1. The second-order valence-electron chi connectivity index (χ2n) is 4.80. The molecule has 2 rings (SSSR count). The van der Waals surface area contributed by atoms with E-state index in [1.165, 1.54) is 13.2 Å². The van der Waals surface area contributed by atoms with Crippen LogP contribution in [0.2, 0.25) is 0 Å². The summed E-state index contributed by atoms with van der Waals surface area (Å²) in [5.74, 6) is -0.557. The molecule has 0 bridgehead atoms. The Bertz CT molecular complexity index is 517. The summed E-state index contributed by atoms with van der Waals surface area (Å²) >= 11 is 0. The van der Waals surface area contributed by atoms with E-state index in [1.807, 2.05) is 0 Å². The van der Waals surface area contributed by atoms with Gasteiger partial charge in [0.1, 0.15) is 35.7 Å². The normalized spacial score (nSPS) is 31.6. The van der Waals surface area contributed by atoms with Gasteiger partial charge in [0.05, 0.1) is 13.7 Å². The van der Waals surface area contributed by atoms with Crippen LogP contribution in [0.3, 0.4) is 0 Å². The molecule has 0 spiro atoms. The fourth-order valence-electron chi connectivity index (χ4n) is 2.15. The Morgan fingerprint density at radius 3 is 2.50 bits per heavy atom. The van der Waals surface area contributed by atoms with E-state index in [0.717, 1.165) is 0 Å². The molecule has 1 heterocycles. The van der Waals surface area contributed by atoms with Crippen molar-refractivity contribution in [2.75, 3.05) is 13.7 Å². The molecule has 22 heavy (non-hydrogen) atoms. The van der Waals surface area contributed by atoms with Crippen LogP contribution in [0.5, 0.6) is 5.75 Å². The van der Waals surface area contributed by atoms with Gasteiger partial charge in [0.25, 0.3) is 0 Å². The number of carbonyl (C=O) groups is 1. The van der Waals surface area contributed by atoms with E-state index in [1.54, 1.807) is 18.2 Å². The highest BCUT2D eigenvalue weighted by molar-refractivity contribution is 5.92. The number of benzene rings is 1. The van der Waals surface area contributed by atoms with Crippen molar-refractivity contribution in [1.82, 2.24) is 0 Å². The molecule has 8 heteroatoms. The third-order valence-electron chi connectivity index (χ3n) is 3.40. The Balaban J connectivity index is 2.13. The van der Waals surface area contributed by atoms with Gasteiger partial charge in [-0.25, -0.2) is 4.79 Å². The monoisotopic (exact) mass is 314 g/mol. The van der Waals surface area contributed by atoms with Crippen LogP contribution in [0, 0.1) is 0 Å². The molecule has 0 saturated carbocycles. The molecule has 1 fully saturated rings. The van der Waals surface area contributed by atoms with Crippen LogP contribution in [0.4, 0.5) is 0 Å². The first-order chi connectivity index (χ1) is 10.5. The fourth-order valence-corrected chi connectivity index (χ4v) is 2.15. The number of carbonyl (C=O) groups excluding carboxylic acids is 1. The zero-order chi connectivity index (χ0) is 16.3. The van der Waals surface area contributed by atoms with Gasteiger partial charge in [-0.05, 0) is 12.1 Å². The minimum absolute atomic E-state index is 0.113. The Morgan fingerprint density at radius 1 is 1.18 bits per heavy atom. The SMILES string of the molecule is COc1ccccc1C(=O)OC1O[C@H](CO)[C@@H](O)[C@H](O)[C@H]1O. The molecule has 1 unspecified atom stereocenters. The largest absolute Gasteiger partial charge is 0.496 e. The molecule has 1 saturated heterocycles. The van der Waals surface area contributed by atoms with Gasteiger partial charge >= 0.3 is 5.97 Å². The average Bonchev–Trinajstić information content (AvgIpc) is 2.55. The quantitative estimate of drug-likeness (QED) is 0.503. The van der Waals surface area contributed by atoms with E-state index in [-0.39, 0.29) is 11.3 Å². The van der Waals surface area contributed by atoms with Crippen molar-refractivity contribution in [3.05, 3.63) is 29.8 Å². The van der Waals surface area contributed by atoms with Crippen LogP contribution in [-0.4, -0.2) is 70.8 Å². The van der Waals surface area contributed by atoms with E-state index in [0.29, 0.717) is 0 Å². The molecule has 0 aromatic heterocycles. The number of aliphatic hydroxyl groups excluding tert-OH is 4. The van der Waals surface area contributed by atoms with Crippen LogP contribution in [0.25, 0.3) is 0 Å². The minimum atomic E-state index is -1.64. The Labute approximate surface area is 126 Å². The Kier molecular flexibility index (Phi) is 5.33. The first kappa shape index (κ1) is 16.7. The molecule has 1 aliphatic rings. The third kappa shape index (κ3) is 3.21. The smallest absolute Gasteiger partial charge is 0.344 e. The summed E-state index contributed by atoms with van der Waals surface area (Å²) in [5.41, 5.74) is 0.113. The van der Waals surface area contributed by atoms with Crippen LogP contribution in [-0.2, 0) is 9.47 Å². The van der Waals surface area contributed by atoms with Crippen LogP contribution < -0.4 is 4.74 Å². The van der Waals surface area contributed by atoms with Crippen molar-refractivity contribution in [3.8, 4) is 5.75 Å². The summed E-state index contributed by atoms with van der Waals surface area (Å²) in [6.07, 6.45) is -7.43. The molecular formula is C14H18O8. The maximum atomic E-state index is 12.1. The van der Waals surface area contributed by atoms with E-state index in [9.17, 15) is 20.1 Å².